The van der Waals surface area contributed by atoms with Gasteiger partial charge in [0.05, 0.1) is 6.04 Å². The van der Waals surface area contributed by atoms with Crippen LogP contribution in [0.5, 0.6) is 5.75 Å². The second-order valence-corrected chi connectivity index (χ2v) is 7.82. The summed E-state index contributed by atoms with van der Waals surface area (Å²) in [4.78, 5) is 15.1. The fourth-order valence-corrected chi connectivity index (χ4v) is 3.62. The van der Waals surface area contributed by atoms with E-state index in [0.29, 0.717) is 6.42 Å². The number of hydrogen-bond acceptors (Lipinski definition) is 3. The minimum absolute atomic E-state index is 0.0589. The summed E-state index contributed by atoms with van der Waals surface area (Å²) in [5.74, 6) is 1.47. The summed E-state index contributed by atoms with van der Waals surface area (Å²) in [7, 11) is 0. The molecule has 28 heavy (non-hydrogen) atoms. The van der Waals surface area contributed by atoms with Crippen molar-refractivity contribution in [3.05, 3.63) is 60.2 Å². The number of carbonyl (C=O) groups is 1. The first-order valence-electron chi connectivity index (χ1n) is 10.4. The number of amides is 1. The van der Waals surface area contributed by atoms with Gasteiger partial charge in [0.2, 0.25) is 0 Å². The third kappa shape index (κ3) is 5.28. The lowest BCUT2D eigenvalue weighted by Crippen LogP contribution is -2.39. The summed E-state index contributed by atoms with van der Waals surface area (Å²) in [6.07, 6.45) is 2.65. The predicted molar refractivity (Wildman–Crippen MR) is 115 cm³/mol. The van der Waals surface area contributed by atoms with Gasteiger partial charge in [-0.2, -0.15) is 0 Å². The molecular formula is C24H32N2O2. The fourth-order valence-electron chi connectivity index (χ4n) is 3.62. The highest BCUT2D eigenvalue weighted by molar-refractivity contribution is 5.81. The third-order valence-electron chi connectivity index (χ3n) is 5.59. The molecule has 2 unspecified atom stereocenters. The Morgan fingerprint density at radius 3 is 2.36 bits per heavy atom. The van der Waals surface area contributed by atoms with Crippen LogP contribution < -0.4 is 15.0 Å². The Morgan fingerprint density at radius 1 is 1.11 bits per heavy atom. The van der Waals surface area contributed by atoms with Gasteiger partial charge < -0.3 is 15.0 Å². The standard InChI is InChI=1S/C24H32N2O2/c1-4-23(28-22-8-6-5-7-9-22)24(27)25-19(3)20-10-12-21(13-11-20)26-16-14-18(2)15-17-26/h5-13,18-19,23H,4,14-17H2,1-3H3,(H,25,27). The van der Waals surface area contributed by atoms with Crippen molar-refractivity contribution in [3.8, 4) is 5.75 Å². The predicted octanol–water partition coefficient (Wildman–Crippen LogP) is 4.96. The van der Waals surface area contributed by atoms with Gasteiger partial charge in [0.25, 0.3) is 5.91 Å². The molecule has 0 aliphatic carbocycles. The van der Waals surface area contributed by atoms with E-state index in [2.05, 4.69) is 41.4 Å². The van der Waals surface area contributed by atoms with Crippen LogP contribution in [0, 0.1) is 5.92 Å². The first-order chi connectivity index (χ1) is 13.6. The van der Waals surface area contributed by atoms with E-state index >= 15 is 0 Å². The number of carbonyl (C=O) groups excluding carboxylic acids is 1. The van der Waals surface area contributed by atoms with Crippen LogP contribution in [0.15, 0.2) is 54.6 Å². The zero-order valence-electron chi connectivity index (χ0n) is 17.2. The summed E-state index contributed by atoms with van der Waals surface area (Å²) in [5, 5.41) is 3.09. The summed E-state index contributed by atoms with van der Waals surface area (Å²) < 4.78 is 5.85. The minimum atomic E-state index is -0.487. The summed E-state index contributed by atoms with van der Waals surface area (Å²) >= 11 is 0. The number of piperidine rings is 1. The minimum Gasteiger partial charge on any atom is -0.481 e. The number of para-hydroxylation sites is 1. The van der Waals surface area contributed by atoms with Crippen molar-refractivity contribution in [2.45, 2.75) is 52.2 Å². The van der Waals surface area contributed by atoms with Gasteiger partial charge in [-0.1, -0.05) is 44.2 Å². The van der Waals surface area contributed by atoms with E-state index in [0.717, 1.165) is 30.3 Å². The number of benzene rings is 2. The number of rotatable bonds is 7. The molecule has 1 aliphatic heterocycles. The van der Waals surface area contributed by atoms with Crippen molar-refractivity contribution in [2.24, 2.45) is 5.92 Å². The highest BCUT2D eigenvalue weighted by atomic mass is 16.5. The van der Waals surface area contributed by atoms with E-state index in [1.807, 2.05) is 44.2 Å². The summed E-state index contributed by atoms with van der Waals surface area (Å²) in [5.41, 5.74) is 2.38. The second-order valence-electron chi connectivity index (χ2n) is 7.82. The number of anilines is 1. The molecule has 1 amide bonds. The van der Waals surface area contributed by atoms with Gasteiger partial charge in [-0.3, -0.25) is 4.79 Å². The molecule has 0 radical (unpaired) electrons. The maximum absolute atomic E-state index is 12.7. The van der Waals surface area contributed by atoms with E-state index in [1.54, 1.807) is 0 Å². The Hall–Kier alpha value is -2.49. The molecule has 4 nitrogen and oxygen atoms in total. The zero-order chi connectivity index (χ0) is 19.9. The maximum atomic E-state index is 12.7. The summed E-state index contributed by atoms with van der Waals surface area (Å²) in [6.45, 7) is 8.57. The van der Waals surface area contributed by atoms with Crippen molar-refractivity contribution in [2.75, 3.05) is 18.0 Å². The quantitative estimate of drug-likeness (QED) is 0.738. The molecule has 4 heteroatoms. The lowest BCUT2D eigenvalue weighted by molar-refractivity contribution is -0.128. The van der Waals surface area contributed by atoms with Crippen LogP contribution in [0.1, 0.15) is 51.6 Å². The topological polar surface area (TPSA) is 41.6 Å². The van der Waals surface area contributed by atoms with Crippen molar-refractivity contribution in [1.29, 1.82) is 0 Å². The smallest absolute Gasteiger partial charge is 0.261 e. The van der Waals surface area contributed by atoms with E-state index in [-0.39, 0.29) is 11.9 Å². The SMILES string of the molecule is CCC(Oc1ccccc1)C(=O)NC(C)c1ccc(N2CCC(C)CC2)cc1. The number of hydrogen-bond donors (Lipinski definition) is 1. The van der Waals surface area contributed by atoms with Crippen LogP contribution >= 0.6 is 0 Å². The van der Waals surface area contributed by atoms with Gasteiger partial charge in [0.1, 0.15) is 5.75 Å². The third-order valence-corrected chi connectivity index (χ3v) is 5.59. The van der Waals surface area contributed by atoms with Gasteiger partial charge in [-0.15, -0.1) is 0 Å². The molecule has 2 aromatic rings. The molecular weight excluding hydrogens is 348 g/mol. The second kappa shape index (κ2) is 9.63. The maximum Gasteiger partial charge on any atom is 0.261 e. The van der Waals surface area contributed by atoms with Crippen molar-refractivity contribution < 1.29 is 9.53 Å². The lowest BCUT2D eigenvalue weighted by Gasteiger charge is -2.32. The van der Waals surface area contributed by atoms with Gasteiger partial charge in [0, 0.05) is 18.8 Å². The van der Waals surface area contributed by atoms with Gasteiger partial charge >= 0.3 is 0 Å². The average molecular weight is 381 g/mol. The molecule has 0 spiro atoms. The molecule has 2 aromatic carbocycles. The Kier molecular flexibility index (Phi) is 6.96. The monoisotopic (exact) mass is 380 g/mol. The van der Waals surface area contributed by atoms with Gasteiger partial charge in [-0.05, 0) is 61.9 Å². The molecule has 1 N–H and O–H groups in total. The van der Waals surface area contributed by atoms with Crippen molar-refractivity contribution in [1.82, 2.24) is 5.32 Å². The Bertz CT molecular complexity index is 737. The molecule has 1 saturated heterocycles. The van der Waals surface area contributed by atoms with Crippen LogP contribution in [-0.2, 0) is 4.79 Å². The van der Waals surface area contributed by atoms with Crippen LogP contribution in [0.25, 0.3) is 0 Å². The molecule has 3 rings (SSSR count). The largest absolute Gasteiger partial charge is 0.481 e. The van der Waals surface area contributed by atoms with E-state index in [1.165, 1.54) is 18.5 Å². The molecule has 0 saturated carbocycles. The van der Waals surface area contributed by atoms with E-state index < -0.39 is 6.10 Å². The van der Waals surface area contributed by atoms with Crippen molar-refractivity contribution in [3.63, 3.8) is 0 Å². The molecule has 0 aromatic heterocycles. The van der Waals surface area contributed by atoms with E-state index in [4.69, 9.17) is 4.74 Å². The number of ether oxygens (including phenoxy) is 1. The Balaban J connectivity index is 1.57. The number of nitrogens with zero attached hydrogens (tertiary/aromatic N) is 1. The highest BCUT2D eigenvalue weighted by Gasteiger charge is 2.21. The molecule has 2 atom stereocenters. The Labute approximate surface area is 168 Å². The van der Waals surface area contributed by atoms with Crippen LogP contribution in [0.3, 0.4) is 0 Å². The van der Waals surface area contributed by atoms with Gasteiger partial charge in [-0.25, -0.2) is 0 Å². The lowest BCUT2D eigenvalue weighted by atomic mass is 9.98. The first kappa shape index (κ1) is 20.2. The number of nitrogens with one attached hydrogen (secondary N) is 1. The molecule has 1 aliphatic rings. The van der Waals surface area contributed by atoms with Crippen LogP contribution in [0.2, 0.25) is 0 Å². The van der Waals surface area contributed by atoms with Crippen LogP contribution in [-0.4, -0.2) is 25.1 Å². The summed E-state index contributed by atoms with van der Waals surface area (Å²) in [6, 6.07) is 18.0. The zero-order valence-corrected chi connectivity index (χ0v) is 17.2. The molecule has 1 fully saturated rings. The van der Waals surface area contributed by atoms with Crippen LogP contribution in [0.4, 0.5) is 5.69 Å². The van der Waals surface area contributed by atoms with Crippen molar-refractivity contribution >= 4 is 11.6 Å². The van der Waals surface area contributed by atoms with Gasteiger partial charge in [0.15, 0.2) is 6.10 Å². The fraction of sp³-hybridized carbons (Fsp3) is 0.458. The molecule has 1 heterocycles. The highest BCUT2D eigenvalue weighted by Crippen LogP contribution is 2.24. The average Bonchev–Trinajstić information content (AvgIpc) is 2.73. The Morgan fingerprint density at radius 2 is 1.75 bits per heavy atom. The first-order valence-corrected chi connectivity index (χ1v) is 10.4. The van der Waals surface area contributed by atoms with E-state index in [9.17, 15) is 4.79 Å². The molecule has 0 bridgehead atoms. The molecule has 150 valence electrons. The normalized spacial score (nSPS) is 17.0.